The molecule has 0 radical (unpaired) electrons. The zero-order chi connectivity index (χ0) is 18.3. The fourth-order valence-electron chi connectivity index (χ4n) is 3.61. The molecule has 1 saturated heterocycles. The Bertz CT molecular complexity index is 803. The molecule has 2 aromatic heterocycles. The Morgan fingerprint density at radius 2 is 2.08 bits per heavy atom. The van der Waals surface area contributed by atoms with Crippen molar-refractivity contribution in [2.75, 3.05) is 24.5 Å². The summed E-state index contributed by atoms with van der Waals surface area (Å²) in [5, 5.41) is 2.06. The van der Waals surface area contributed by atoms with Gasteiger partial charge in [0.2, 0.25) is 5.91 Å². The van der Waals surface area contributed by atoms with Gasteiger partial charge >= 0.3 is 6.18 Å². The van der Waals surface area contributed by atoms with Crippen LogP contribution in [0.4, 0.5) is 19.0 Å². The van der Waals surface area contributed by atoms with E-state index in [2.05, 4.69) is 16.4 Å². The number of carbonyl (C=O) groups is 1. The molecule has 0 bridgehead atoms. The van der Waals surface area contributed by atoms with Gasteiger partial charge in [0.15, 0.2) is 0 Å². The van der Waals surface area contributed by atoms with Crippen LogP contribution in [0.15, 0.2) is 29.8 Å². The van der Waals surface area contributed by atoms with Crippen LogP contribution in [0, 0.1) is 5.92 Å². The molecule has 0 saturated carbocycles. The van der Waals surface area contributed by atoms with E-state index >= 15 is 0 Å². The normalized spacial score (nSPS) is 20.3. The SMILES string of the molecule is O=C(C1CCN(c2ccc(C(F)(F)F)cn2)C1)N1CCc2sccc2C1. The number of aromatic nitrogens is 1. The zero-order valence-electron chi connectivity index (χ0n) is 14.0. The van der Waals surface area contributed by atoms with Crippen molar-refractivity contribution in [3.63, 3.8) is 0 Å². The van der Waals surface area contributed by atoms with E-state index in [-0.39, 0.29) is 11.8 Å². The molecule has 26 heavy (non-hydrogen) atoms. The summed E-state index contributed by atoms with van der Waals surface area (Å²) in [6.45, 7) is 2.53. The summed E-state index contributed by atoms with van der Waals surface area (Å²) in [5.41, 5.74) is 0.474. The van der Waals surface area contributed by atoms with Crippen molar-refractivity contribution >= 4 is 23.1 Å². The second-order valence-electron chi connectivity index (χ2n) is 6.71. The minimum atomic E-state index is -4.39. The first-order valence-corrected chi connectivity index (χ1v) is 9.42. The molecule has 1 atom stereocenters. The molecule has 2 aromatic rings. The zero-order valence-corrected chi connectivity index (χ0v) is 14.8. The van der Waals surface area contributed by atoms with Crippen molar-refractivity contribution in [2.45, 2.75) is 25.6 Å². The minimum Gasteiger partial charge on any atom is -0.356 e. The summed E-state index contributed by atoms with van der Waals surface area (Å²) in [4.78, 5) is 21.9. The Kier molecular flexibility index (Phi) is 4.38. The minimum absolute atomic E-state index is 0.126. The number of halogens is 3. The van der Waals surface area contributed by atoms with Gasteiger partial charge in [-0.1, -0.05) is 0 Å². The number of hydrogen-bond acceptors (Lipinski definition) is 4. The number of alkyl halides is 3. The summed E-state index contributed by atoms with van der Waals surface area (Å²) < 4.78 is 37.9. The monoisotopic (exact) mass is 381 g/mol. The average Bonchev–Trinajstić information content (AvgIpc) is 3.29. The third-order valence-corrected chi connectivity index (χ3v) is 6.08. The topological polar surface area (TPSA) is 36.4 Å². The van der Waals surface area contributed by atoms with E-state index in [0.29, 0.717) is 31.9 Å². The summed E-state index contributed by atoms with van der Waals surface area (Å²) in [5.74, 6) is 0.502. The number of anilines is 1. The lowest BCUT2D eigenvalue weighted by atomic mass is 10.0. The van der Waals surface area contributed by atoms with E-state index in [1.807, 2.05) is 9.80 Å². The molecule has 4 rings (SSSR count). The Morgan fingerprint density at radius 1 is 1.23 bits per heavy atom. The van der Waals surface area contributed by atoms with Crippen molar-refractivity contribution < 1.29 is 18.0 Å². The maximum absolute atomic E-state index is 12.8. The first kappa shape index (κ1) is 17.3. The van der Waals surface area contributed by atoms with Crippen molar-refractivity contribution in [2.24, 2.45) is 5.92 Å². The second kappa shape index (κ2) is 6.57. The summed E-state index contributed by atoms with van der Waals surface area (Å²) in [6, 6.07) is 4.50. The van der Waals surface area contributed by atoms with Crippen molar-refractivity contribution in [3.8, 4) is 0 Å². The molecule has 0 aromatic carbocycles. The molecule has 0 N–H and O–H groups in total. The van der Waals surface area contributed by atoms with Crippen molar-refractivity contribution in [1.82, 2.24) is 9.88 Å². The van der Waals surface area contributed by atoms with Crippen LogP contribution in [0.1, 0.15) is 22.4 Å². The molecule has 2 aliphatic rings. The van der Waals surface area contributed by atoms with Crippen LogP contribution in [0.2, 0.25) is 0 Å². The molecule has 138 valence electrons. The van der Waals surface area contributed by atoms with E-state index < -0.39 is 11.7 Å². The van der Waals surface area contributed by atoms with Gasteiger partial charge in [0.05, 0.1) is 11.5 Å². The first-order valence-electron chi connectivity index (χ1n) is 8.54. The highest BCUT2D eigenvalue weighted by Crippen LogP contribution is 2.31. The van der Waals surface area contributed by atoms with Crippen molar-refractivity contribution in [1.29, 1.82) is 0 Å². The van der Waals surface area contributed by atoms with Crippen LogP contribution < -0.4 is 4.90 Å². The number of rotatable bonds is 2. The van der Waals surface area contributed by atoms with Crippen LogP contribution in [-0.2, 0) is 23.9 Å². The predicted molar refractivity (Wildman–Crippen MR) is 93.0 cm³/mol. The molecule has 1 unspecified atom stereocenters. The van der Waals surface area contributed by atoms with Gasteiger partial charge in [-0.25, -0.2) is 4.98 Å². The lowest BCUT2D eigenvalue weighted by Gasteiger charge is -2.29. The molecular weight excluding hydrogens is 363 g/mol. The average molecular weight is 381 g/mol. The third-order valence-electron chi connectivity index (χ3n) is 5.06. The Hall–Kier alpha value is -2.09. The number of hydrogen-bond donors (Lipinski definition) is 0. The molecule has 8 heteroatoms. The van der Waals surface area contributed by atoms with Crippen molar-refractivity contribution in [3.05, 3.63) is 45.8 Å². The predicted octanol–water partition coefficient (Wildman–Crippen LogP) is 3.57. The quantitative estimate of drug-likeness (QED) is 0.798. The van der Waals surface area contributed by atoms with Gasteiger partial charge < -0.3 is 9.80 Å². The van der Waals surface area contributed by atoms with Crippen LogP contribution in [-0.4, -0.2) is 35.4 Å². The van der Waals surface area contributed by atoms with E-state index in [1.54, 1.807) is 11.3 Å². The molecule has 1 amide bonds. The van der Waals surface area contributed by atoms with Gasteiger partial charge in [0.1, 0.15) is 5.82 Å². The molecule has 1 fully saturated rings. The molecule has 0 spiro atoms. The fourth-order valence-corrected chi connectivity index (χ4v) is 4.50. The van der Waals surface area contributed by atoms with Crippen LogP contribution in [0.3, 0.4) is 0 Å². The van der Waals surface area contributed by atoms with E-state index in [1.165, 1.54) is 16.5 Å². The third kappa shape index (κ3) is 3.30. The van der Waals surface area contributed by atoms with Crippen LogP contribution >= 0.6 is 11.3 Å². The number of fused-ring (bicyclic) bond motifs is 1. The molecule has 4 heterocycles. The smallest absolute Gasteiger partial charge is 0.356 e. The number of carbonyl (C=O) groups excluding carboxylic acids is 1. The largest absolute Gasteiger partial charge is 0.417 e. The fraction of sp³-hybridized carbons (Fsp3) is 0.444. The lowest BCUT2D eigenvalue weighted by Crippen LogP contribution is -2.40. The number of amides is 1. The molecule has 4 nitrogen and oxygen atoms in total. The molecular formula is C18H18F3N3OS. The van der Waals surface area contributed by atoms with Crippen LogP contribution in [0.25, 0.3) is 0 Å². The lowest BCUT2D eigenvalue weighted by molar-refractivity contribution is -0.138. The maximum atomic E-state index is 12.8. The molecule has 0 aliphatic carbocycles. The number of pyridine rings is 1. The van der Waals surface area contributed by atoms with Gasteiger partial charge in [-0.3, -0.25) is 4.79 Å². The molecule has 2 aliphatic heterocycles. The van der Waals surface area contributed by atoms with Gasteiger partial charge in [0, 0.05) is 37.3 Å². The number of thiophene rings is 1. The Morgan fingerprint density at radius 3 is 2.81 bits per heavy atom. The van der Waals surface area contributed by atoms with Gasteiger partial charge in [-0.2, -0.15) is 13.2 Å². The van der Waals surface area contributed by atoms with Gasteiger partial charge in [0.25, 0.3) is 0 Å². The maximum Gasteiger partial charge on any atom is 0.417 e. The van der Waals surface area contributed by atoms with Crippen LogP contribution in [0.5, 0.6) is 0 Å². The van der Waals surface area contributed by atoms with Gasteiger partial charge in [-0.05, 0) is 42.0 Å². The van der Waals surface area contributed by atoms with E-state index in [9.17, 15) is 18.0 Å². The standard InChI is InChI=1S/C18H18F3N3OS/c19-18(20,21)14-1-2-16(22-9-14)23-6-3-13(11-23)17(25)24-7-4-15-12(10-24)5-8-26-15/h1-2,5,8-9,13H,3-4,6-7,10-11H2. The van der Waals surface area contributed by atoms with Gasteiger partial charge in [-0.15, -0.1) is 11.3 Å². The second-order valence-corrected chi connectivity index (χ2v) is 7.71. The highest BCUT2D eigenvalue weighted by Gasteiger charge is 2.34. The summed E-state index contributed by atoms with van der Waals surface area (Å²) in [6.07, 6.45) is -1.93. The highest BCUT2D eigenvalue weighted by molar-refractivity contribution is 7.10. The van der Waals surface area contributed by atoms with E-state index in [0.717, 1.165) is 25.2 Å². The number of nitrogens with zero attached hydrogens (tertiary/aromatic N) is 3. The summed E-state index contributed by atoms with van der Waals surface area (Å²) >= 11 is 1.74. The summed E-state index contributed by atoms with van der Waals surface area (Å²) in [7, 11) is 0. The Balaban J connectivity index is 1.40. The highest BCUT2D eigenvalue weighted by atomic mass is 32.1. The Labute approximate surface area is 153 Å². The first-order chi connectivity index (χ1) is 12.4. The van der Waals surface area contributed by atoms with E-state index in [4.69, 9.17) is 0 Å².